The molecule has 1 atom stereocenters. The number of nitrogens with two attached hydrogens (primary N) is 1. The van der Waals surface area contributed by atoms with Gasteiger partial charge in [0.15, 0.2) is 4.34 Å². The van der Waals surface area contributed by atoms with Gasteiger partial charge in [-0.3, -0.25) is 9.59 Å². The van der Waals surface area contributed by atoms with Crippen LogP contribution in [-0.2, 0) is 14.3 Å². The zero-order valence-electron chi connectivity index (χ0n) is 11.8. The van der Waals surface area contributed by atoms with E-state index in [0.29, 0.717) is 29.2 Å². The van der Waals surface area contributed by atoms with Crippen LogP contribution in [0.15, 0.2) is 4.34 Å². The number of nitrogen functional groups attached to an aromatic ring is 1. The van der Waals surface area contributed by atoms with Crippen LogP contribution in [0.25, 0.3) is 0 Å². The lowest BCUT2D eigenvalue weighted by atomic mass is 9.98. The molecule has 7 nitrogen and oxygen atoms in total. The number of likely N-dealkylation sites (tertiary alicyclic amines) is 1. The fourth-order valence-corrected chi connectivity index (χ4v) is 3.69. The first kappa shape index (κ1) is 16.0. The Labute approximate surface area is 131 Å². The van der Waals surface area contributed by atoms with Crippen LogP contribution in [0.5, 0.6) is 0 Å². The molecule has 0 spiro atoms. The molecular weight excluding hydrogens is 312 g/mol. The average molecular weight is 330 g/mol. The molecule has 0 bridgehead atoms. The van der Waals surface area contributed by atoms with Crippen LogP contribution < -0.4 is 5.73 Å². The van der Waals surface area contributed by atoms with Gasteiger partial charge in [0, 0.05) is 13.1 Å². The van der Waals surface area contributed by atoms with E-state index in [4.69, 9.17) is 10.5 Å². The Morgan fingerprint density at radius 3 is 3.00 bits per heavy atom. The summed E-state index contributed by atoms with van der Waals surface area (Å²) in [7, 11) is 0. The maximum absolute atomic E-state index is 12.2. The molecule has 21 heavy (non-hydrogen) atoms. The molecule has 1 aromatic rings. The number of amides is 1. The molecule has 2 N–H and O–H groups in total. The lowest BCUT2D eigenvalue weighted by molar-refractivity contribution is -0.151. The highest BCUT2D eigenvalue weighted by Crippen LogP contribution is 2.25. The minimum absolute atomic E-state index is 0.00256. The maximum Gasteiger partial charge on any atom is 0.310 e. The second-order valence-corrected chi connectivity index (χ2v) is 6.86. The minimum Gasteiger partial charge on any atom is -0.466 e. The van der Waals surface area contributed by atoms with E-state index < -0.39 is 0 Å². The lowest BCUT2D eigenvalue weighted by Gasteiger charge is -2.31. The van der Waals surface area contributed by atoms with Crippen molar-refractivity contribution in [2.24, 2.45) is 5.92 Å². The van der Waals surface area contributed by atoms with Crippen molar-refractivity contribution in [2.45, 2.75) is 24.1 Å². The summed E-state index contributed by atoms with van der Waals surface area (Å²) in [4.78, 5) is 25.7. The molecule has 116 valence electrons. The standard InChI is InChI=1S/C12H18N4O3S2/c1-2-19-10(18)8-4-3-5-16(6-8)9(17)7-20-12-15-14-11(13)21-12/h8H,2-7H2,1H3,(H2,13,14)/t8-/m1/s1. The van der Waals surface area contributed by atoms with Crippen LogP contribution in [0.2, 0.25) is 0 Å². The van der Waals surface area contributed by atoms with E-state index in [1.165, 1.54) is 23.1 Å². The van der Waals surface area contributed by atoms with E-state index in [-0.39, 0.29) is 23.5 Å². The molecule has 1 aromatic heterocycles. The number of piperidine rings is 1. The van der Waals surface area contributed by atoms with Gasteiger partial charge in [0.1, 0.15) is 0 Å². The van der Waals surface area contributed by atoms with Gasteiger partial charge >= 0.3 is 5.97 Å². The second-order valence-electron chi connectivity index (χ2n) is 4.63. The van der Waals surface area contributed by atoms with Crippen molar-refractivity contribution in [3.8, 4) is 0 Å². The van der Waals surface area contributed by atoms with Gasteiger partial charge < -0.3 is 15.4 Å². The Balaban J connectivity index is 1.82. The molecule has 0 unspecified atom stereocenters. The Hall–Kier alpha value is -1.35. The Bertz CT molecular complexity index is 508. The Morgan fingerprint density at radius 1 is 1.52 bits per heavy atom. The number of carbonyl (C=O) groups is 2. The number of carbonyl (C=O) groups excluding carboxylic acids is 2. The second kappa shape index (κ2) is 7.60. The van der Waals surface area contributed by atoms with Gasteiger partial charge in [-0.2, -0.15) is 0 Å². The Morgan fingerprint density at radius 2 is 2.33 bits per heavy atom. The van der Waals surface area contributed by atoms with E-state index in [0.717, 1.165) is 12.8 Å². The fourth-order valence-electron chi connectivity index (χ4n) is 2.15. The molecule has 2 heterocycles. The van der Waals surface area contributed by atoms with E-state index in [1.807, 2.05) is 0 Å². The van der Waals surface area contributed by atoms with Crippen LogP contribution in [0, 0.1) is 5.92 Å². The number of esters is 1. The van der Waals surface area contributed by atoms with Gasteiger partial charge in [0.05, 0.1) is 18.3 Å². The molecule has 2 rings (SSSR count). The van der Waals surface area contributed by atoms with Gasteiger partial charge in [-0.25, -0.2) is 0 Å². The van der Waals surface area contributed by atoms with Crippen molar-refractivity contribution >= 4 is 40.1 Å². The predicted octanol–water partition coefficient (Wildman–Crippen LogP) is 1.01. The van der Waals surface area contributed by atoms with Crippen molar-refractivity contribution in [2.75, 3.05) is 31.2 Å². The lowest BCUT2D eigenvalue weighted by Crippen LogP contribution is -2.43. The van der Waals surface area contributed by atoms with Crippen molar-refractivity contribution in [1.82, 2.24) is 15.1 Å². The van der Waals surface area contributed by atoms with E-state index in [9.17, 15) is 9.59 Å². The van der Waals surface area contributed by atoms with Crippen LogP contribution in [0.1, 0.15) is 19.8 Å². The number of rotatable bonds is 5. The highest BCUT2D eigenvalue weighted by molar-refractivity contribution is 8.01. The smallest absolute Gasteiger partial charge is 0.310 e. The summed E-state index contributed by atoms with van der Waals surface area (Å²) in [6.07, 6.45) is 1.61. The Kier molecular flexibility index (Phi) is 5.80. The molecule has 1 aliphatic rings. The first-order valence-electron chi connectivity index (χ1n) is 6.76. The highest BCUT2D eigenvalue weighted by Gasteiger charge is 2.29. The van der Waals surface area contributed by atoms with Crippen LogP contribution in [-0.4, -0.2) is 52.4 Å². The van der Waals surface area contributed by atoms with Crippen molar-refractivity contribution in [3.05, 3.63) is 0 Å². The monoisotopic (exact) mass is 330 g/mol. The molecule has 1 fully saturated rings. The van der Waals surface area contributed by atoms with Crippen LogP contribution >= 0.6 is 23.1 Å². The summed E-state index contributed by atoms with van der Waals surface area (Å²) in [5.74, 6) is -0.128. The number of hydrogen-bond acceptors (Lipinski definition) is 8. The quantitative estimate of drug-likeness (QED) is 0.635. The van der Waals surface area contributed by atoms with Crippen molar-refractivity contribution < 1.29 is 14.3 Å². The maximum atomic E-state index is 12.2. The van der Waals surface area contributed by atoms with E-state index in [2.05, 4.69) is 10.2 Å². The average Bonchev–Trinajstić information content (AvgIpc) is 2.91. The van der Waals surface area contributed by atoms with Gasteiger partial charge in [-0.15, -0.1) is 10.2 Å². The summed E-state index contributed by atoms with van der Waals surface area (Å²) in [5, 5.41) is 7.96. The highest BCUT2D eigenvalue weighted by atomic mass is 32.2. The van der Waals surface area contributed by atoms with Crippen molar-refractivity contribution in [1.29, 1.82) is 0 Å². The first-order chi connectivity index (χ1) is 10.1. The normalized spacial score (nSPS) is 18.5. The predicted molar refractivity (Wildman–Crippen MR) is 81.0 cm³/mol. The number of aromatic nitrogens is 2. The molecule has 1 amide bonds. The largest absolute Gasteiger partial charge is 0.466 e. The fraction of sp³-hybridized carbons (Fsp3) is 0.667. The molecule has 1 aliphatic heterocycles. The van der Waals surface area contributed by atoms with Gasteiger partial charge in [0.2, 0.25) is 11.0 Å². The molecule has 0 saturated carbocycles. The molecule has 1 saturated heterocycles. The third-order valence-electron chi connectivity index (χ3n) is 3.14. The zero-order chi connectivity index (χ0) is 15.2. The number of nitrogens with zero attached hydrogens (tertiary/aromatic N) is 3. The first-order valence-corrected chi connectivity index (χ1v) is 8.56. The summed E-state index contributed by atoms with van der Waals surface area (Å²) in [6.45, 7) is 3.29. The summed E-state index contributed by atoms with van der Waals surface area (Å²) < 4.78 is 5.71. The number of anilines is 1. The molecule has 0 aromatic carbocycles. The summed E-state index contributed by atoms with van der Waals surface area (Å²) in [6, 6.07) is 0. The van der Waals surface area contributed by atoms with Gasteiger partial charge in [-0.05, 0) is 19.8 Å². The van der Waals surface area contributed by atoms with Crippen molar-refractivity contribution in [3.63, 3.8) is 0 Å². The number of thioether (sulfide) groups is 1. The topological polar surface area (TPSA) is 98.4 Å². The minimum atomic E-state index is -0.209. The zero-order valence-corrected chi connectivity index (χ0v) is 13.4. The van der Waals surface area contributed by atoms with Crippen LogP contribution in [0.3, 0.4) is 0 Å². The summed E-state index contributed by atoms with van der Waals surface area (Å²) >= 11 is 2.58. The summed E-state index contributed by atoms with van der Waals surface area (Å²) in [5.41, 5.74) is 5.49. The number of hydrogen-bond donors (Lipinski definition) is 1. The number of ether oxygens (including phenoxy) is 1. The van der Waals surface area contributed by atoms with Gasteiger partial charge in [0.25, 0.3) is 0 Å². The third-order valence-corrected chi connectivity index (χ3v) is 5.01. The SMILES string of the molecule is CCOC(=O)[C@@H]1CCCN(C(=O)CSc2nnc(N)s2)C1. The van der Waals surface area contributed by atoms with Crippen LogP contribution in [0.4, 0.5) is 5.13 Å². The van der Waals surface area contributed by atoms with E-state index >= 15 is 0 Å². The molecule has 0 aliphatic carbocycles. The third kappa shape index (κ3) is 4.57. The molecule has 9 heteroatoms. The van der Waals surface area contributed by atoms with E-state index in [1.54, 1.807) is 11.8 Å². The molecule has 0 radical (unpaired) electrons. The molecular formula is C12H18N4O3S2. The van der Waals surface area contributed by atoms with Gasteiger partial charge in [-0.1, -0.05) is 23.1 Å².